The highest BCUT2D eigenvalue weighted by Gasteiger charge is 2.18. The summed E-state index contributed by atoms with van der Waals surface area (Å²) in [5.74, 6) is -1.30. The quantitative estimate of drug-likeness (QED) is 0.792. The molecule has 0 saturated heterocycles. The van der Waals surface area contributed by atoms with E-state index in [4.69, 9.17) is 21.1 Å². The van der Waals surface area contributed by atoms with Crippen LogP contribution >= 0.6 is 11.6 Å². The second-order valence-electron chi connectivity index (χ2n) is 5.36. The smallest absolute Gasteiger partial charge is 0.347 e. The van der Waals surface area contributed by atoms with E-state index in [0.29, 0.717) is 11.4 Å². The van der Waals surface area contributed by atoms with Gasteiger partial charge in [-0.15, -0.1) is 0 Å². The van der Waals surface area contributed by atoms with Crippen molar-refractivity contribution in [3.63, 3.8) is 0 Å². The number of rotatable bonds is 6. The van der Waals surface area contributed by atoms with Crippen LogP contribution in [0.15, 0.2) is 42.5 Å². The van der Waals surface area contributed by atoms with Gasteiger partial charge in [0.1, 0.15) is 11.6 Å². The first-order chi connectivity index (χ1) is 11.8. The fraction of sp³-hybridized carbons (Fsp3) is 0.222. The van der Waals surface area contributed by atoms with Crippen molar-refractivity contribution in [2.45, 2.75) is 20.0 Å². The highest BCUT2D eigenvalue weighted by atomic mass is 35.5. The van der Waals surface area contributed by atoms with Crippen LogP contribution < -0.4 is 10.1 Å². The largest absolute Gasteiger partial charge is 0.479 e. The van der Waals surface area contributed by atoms with Crippen LogP contribution in [0.2, 0.25) is 5.02 Å². The molecule has 0 saturated carbocycles. The van der Waals surface area contributed by atoms with E-state index in [0.717, 1.165) is 11.6 Å². The number of hydrogen-bond acceptors (Lipinski definition) is 4. The van der Waals surface area contributed by atoms with Crippen molar-refractivity contribution < 1.29 is 23.5 Å². The van der Waals surface area contributed by atoms with E-state index < -0.39 is 30.4 Å². The molecular weight excluding hydrogens is 349 g/mol. The fourth-order valence-electron chi connectivity index (χ4n) is 1.97. The van der Waals surface area contributed by atoms with Crippen LogP contribution in [0.4, 0.5) is 10.1 Å². The number of carbonyl (C=O) groups excluding carboxylic acids is 2. The summed E-state index contributed by atoms with van der Waals surface area (Å²) in [6, 6.07) is 11.0. The number of ether oxygens (including phenoxy) is 2. The van der Waals surface area contributed by atoms with Crippen LogP contribution in [0.3, 0.4) is 0 Å². The van der Waals surface area contributed by atoms with Crippen molar-refractivity contribution in [1.82, 2.24) is 0 Å². The summed E-state index contributed by atoms with van der Waals surface area (Å²) in [6.07, 6.45) is -0.866. The van der Waals surface area contributed by atoms with Crippen molar-refractivity contribution in [3.8, 4) is 5.75 Å². The molecule has 0 bridgehead atoms. The van der Waals surface area contributed by atoms with E-state index in [2.05, 4.69) is 5.32 Å². The average Bonchev–Trinajstić information content (AvgIpc) is 2.56. The zero-order valence-electron chi connectivity index (χ0n) is 13.7. The van der Waals surface area contributed by atoms with Gasteiger partial charge in [-0.3, -0.25) is 4.79 Å². The minimum Gasteiger partial charge on any atom is -0.479 e. The van der Waals surface area contributed by atoms with Gasteiger partial charge < -0.3 is 14.8 Å². The van der Waals surface area contributed by atoms with Gasteiger partial charge in [0.2, 0.25) is 0 Å². The van der Waals surface area contributed by atoms with Gasteiger partial charge >= 0.3 is 5.97 Å². The van der Waals surface area contributed by atoms with E-state index in [1.807, 2.05) is 19.1 Å². The first-order valence-electron chi connectivity index (χ1n) is 7.50. The number of benzene rings is 2. The summed E-state index contributed by atoms with van der Waals surface area (Å²) in [4.78, 5) is 23.7. The molecule has 1 amide bonds. The normalized spacial score (nSPS) is 11.5. The van der Waals surface area contributed by atoms with Crippen molar-refractivity contribution >= 4 is 29.2 Å². The van der Waals surface area contributed by atoms with Crippen LogP contribution in [-0.2, 0) is 14.3 Å². The summed E-state index contributed by atoms with van der Waals surface area (Å²) >= 11 is 5.63. The van der Waals surface area contributed by atoms with E-state index in [9.17, 15) is 14.0 Å². The molecule has 0 aliphatic heterocycles. The number of hydrogen-bond donors (Lipinski definition) is 1. The predicted molar refractivity (Wildman–Crippen MR) is 92.3 cm³/mol. The molecule has 0 aliphatic carbocycles. The molecule has 0 heterocycles. The molecule has 0 spiro atoms. The summed E-state index contributed by atoms with van der Waals surface area (Å²) in [6.45, 7) is 2.94. The minimum absolute atomic E-state index is 0.116. The molecule has 2 aromatic carbocycles. The number of halogens is 2. The van der Waals surface area contributed by atoms with Gasteiger partial charge in [0, 0.05) is 5.69 Å². The Morgan fingerprint density at radius 3 is 2.68 bits per heavy atom. The average molecular weight is 366 g/mol. The third kappa shape index (κ3) is 5.76. The zero-order chi connectivity index (χ0) is 18.4. The van der Waals surface area contributed by atoms with Crippen LogP contribution in [0.1, 0.15) is 12.5 Å². The molecule has 1 atom stereocenters. The Hall–Kier alpha value is -2.60. The SMILES string of the molecule is Cc1cccc(O[C@@H](C)C(=O)OCC(=O)Nc2ccc(F)c(Cl)c2)c1. The number of carbonyl (C=O) groups is 2. The molecule has 0 unspecified atom stereocenters. The van der Waals surface area contributed by atoms with Gasteiger partial charge in [0.25, 0.3) is 5.91 Å². The van der Waals surface area contributed by atoms with Crippen LogP contribution in [0.25, 0.3) is 0 Å². The fourth-order valence-corrected chi connectivity index (χ4v) is 2.15. The van der Waals surface area contributed by atoms with E-state index >= 15 is 0 Å². The Balaban J connectivity index is 1.82. The van der Waals surface area contributed by atoms with E-state index in [1.54, 1.807) is 12.1 Å². The molecule has 0 aromatic heterocycles. The van der Waals surface area contributed by atoms with Crippen molar-refractivity contribution in [1.29, 1.82) is 0 Å². The minimum atomic E-state index is -0.866. The summed E-state index contributed by atoms with van der Waals surface area (Å²) in [5, 5.41) is 2.34. The highest BCUT2D eigenvalue weighted by molar-refractivity contribution is 6.31. The summed E-state index contributed by atoms with van der Waals surface area (Å²) in [5.41, 5.74) is 1.30. The van der Waals surface area contributed by atoms with Gasteiger partial charge in [-0.2, -0.15) is 0 Å². The maximum Gasteiger partial charge on any atom is 0.347 e. The topological polar surface area (TPSA) is 64.6 Å². The van der Waals surface area contributed by atoms with Gasteiger partial charge in [-0.25, -0.2) is 9.18 Å². The lowest BCUT2D eigenvalue weighted by atomic mass is 10.2. The van der Waals surface area contributed by atoms with Gasteiger partial charge in [0.05, 0.1) is 5.02 Å². The van der Waals surface area contributed by atoms with E-state index in [1.165, 1.54) is 19.1 Å². The molecule has 0 radical (unpaired) electrons. The Bertz CT molecular complexity index is 781. The third-order valence-corrected chi connectivity index (χ3v) is 3.47. The first kappa shape index (κ1) is 18.7. The lowest BCUT2D eigenvalue weighted by Gasteiger charge is -2.14. The lowest BCUT2D eigenvalue weighted by molar-refractivity contribution is -0.153. The lowest BCUT2D eigenvalue weighted by Crippen LogP contribution is -2.29. The first-order valence-corrected chi connectivity index (χ1v) is 7.88. The van der Waals surface area contributed by atoms with Crippen molar-refractivity contribution in [3.05, 3.63) is 58.9 Å². The molecule has 0 aliphatic rings. The van der Waals surface area contributed by atoms with Gasteiger partial charge in [-0.1, -0.05) is 23.7 Å². The Kier molecular flexibility index (Phi) is 6.36. The molecule has 7 heteroatoms. The van der Waals surface area contributed by atoms with Crippen molar-refractivity contribution in [2.75, 3.05) is 11.9 Å². The number of nitrogens with one attached hydrogen (secondary N) is 1. The van der Waals surface area contributed by atoms with E-state index in [-0.39, 0.29) is 5.02 Å². The maximum absolute atomic E-state index is 13.1. The molecule has 2 aromatic rings. The molecule has 25 heavy (non-hydrogen) atoms. The maximum atomic E-state index is 13.1. The second-order valence-corrected chi connectivity index (χ2v) is 5.77. The van der Waals surface area contributed by atoms with Gasteiger partial charge in [0.15, 0.2) is 12.7 Å². The predicted octanol–water partition coefficient (Wildman–Crippen LogP) is 3.74. The number of anilines is 1. The Morgan fingerprint density at radius 2 is 2.00 bits per heavy atom. The van der Waals surface area contributed by atoms with Crippen LogP contribution in [0.5, 0.6) is 5.75 Å². The summed E-state index contributed by atoms with van der Waals surface area (Å²) < 4.78 is 23.4. The second kappa shape index (κ2) is 8.48. The van der Waals surface area contributed by atoms with Crippen LogP contribution in [0, 0.1) is 12.7 Å². The molecule has 2 rings (SSSR count). The molecular formula is C18H17ClFNO4. The number of amides is 1. The Labute approximate surface area is 149 Å². The number of esters is 1. The molecule has 0 fully saturated rings. The van der Waals surface area contributed by atoms with Gasteiger partial charge in [-0.05, 0) is 49.7 Å². The molecule has 1 N–H and O–H groups in total. The summed E-state index contributed by atoms with van der Waals surface area (Å²) in [7, 11) is 0. The third-order valence-electron chi connectivity index (χ3n) is 3.18. The zero-order valence-corrected chi connectivity index (χ0v) is 14.5. The van der Waals surface area contributed by atoms with Crippen LogP contribution in [-0.4, -0.2) is 24.6 Å². The molecule has 5 nitrogen and oxygen atoms in total. The standard InChI is InChI=1S/C18H17ClFNO4/c1-11-4-3-5-14(8-11)25-12(2)18(23)24-10-17(22)21-13-6-7-16(20)15(19)9-13/h3-9,12H,10H2,1-2H3,(H,21,22)/t12-/m0/s1. The monoisotopic (exact) mass is 365 g/mol. The highest BCUT2D eigenvalue weighted by Crippen LogP contribution is 2.19. The molecule has 132 valence electrons. The number of aryl methyl sites for hydroxylation is 1. The Morgan fingerprint density at radius 1 is 1.24 bits per heavy atom. The van der Waals surface area contributed by atoms with Crippen molar-refractivity contribution in [2.24, 2.45) is 0 Å².